The molecule has 1 heterocycles. The third-order valence-electron chi connectivity index (χ3n) is 3.81. The molecule has 0 aliphatic carbocycles. The van der Waals surface area contributed by atoms with E-state index in [4.69, 9.17) is 9.15 Å². The molecule has 0 bridgehead atoms. The molecule has 0 aliphatic rings. The van der Waals surface area contributed by atoms with Gasteiger partial charge in [-0.05, 0) is 44.2 Å². The molecule has 2 aromatic carbocycles. The predicted molar refractivity (Wildman–Crippen MR) is 86.6 cm³/mol. The van der Waals surface area contributed by atoms with Gasteiger partial charge in [-0.2, -0.15) is 0 Å². The molecule has 0 radical (unpaired) electrons. The minimum atomic E-state index is -1.00. The van der Waals surface area contributed by atoms with Crippen LogP contribution in [0.25, 0.3) is 11.0 Å². The van der Waals surface area contributed by atoms with Gasteiger partial charge in [0.2, 0.25) is 11.5 Å². The lowest BCUT2D eigenvalue weighted by Crippen LogP contribution is -2.24. The number of hydrogen-bond donors (Lipinski definition) is 0. The van der Waals surface area contributed by atoms with E-state index in [0.29, 0.717) is 11.1 Å². The summed E-state index contributed by atoms with van der Waals surface area (Å²) in [4.78, 5) is 24.6. The second-order valence-corrected chi connectivity index (χ2v) is 5.47. The van der Waals surface area contributed by atoms with Gasteiger partial charge in [0.25, 0.3) is 0 Å². The molecule has 4 nitrogen and oxygen atoms in total. The largest absolute Gasteiger partial charge is 0.449 e. The summed E-state index contributed by atoms with van der Waals surface area (Å²) in [6, 6.07) is 12.3. The van der Waals surface area contributed by atoms with Crippen LogP contribution in [0.5, 0.6) is 0 Å². The van der Waals surface area contributed by atoms with Crippen molar-refractivity contribution < 1.29 is 23.1 Å². The predicted octanol–water partition coefficient (Wildman–Crippen LogP) is 4.31. The second kappa shape index (κ2) is 6.28. The molecular weight excluding hydrogens is 311 g/mol. The van der Waals surface area contributed by atoms with E-state index < -0.39 is 23.7 Å². The van der Waals surface area contributed by atoms with Gasteiger partial charge in [-0.1, -0.05) is 18.2 Å². The van der Waals surface area contributed by atoms with Gasteiger partial charge in [0, 0.05) is 16.5 Å². The van der Waals surface area contributed by atoms with Gasteiger partial charge in [-0.3, -0.25) is 4.79 Å². The maximum atomic E-state index is 12.9. The fraction of sp³-hybridized carbons (Fsp3) is 0.158. The number of halogens is 1. The number of carbonyl (C=O) groups is 2. The summed E-state index contributed by atoms with van der Waals surface area (Å²) >= 11 is 0. The fourth-order valence-electron chi connectivity index (χ4n) is 2.49. The summed E-state index contributed by atoms with van der Waals surface area (Å²) in [7, 11) is 0. The van der Waals surface area contributed by atoms with E-state index in [-0.39, 0.29) is 11.3 Å². The minimum absolute atomic E-state index is 0.0787. The molecule has 3 aromatic rings. The molecule has 0 saturated heterocycles. The van der Waals surface area contributed by atoms with Crippen LogP contribution in [0.1, 0.15) is 33.4 Å². The third-order valence-corrected chi connectivity index (χ3v) is 3.81. The normalized spacial score (nSPS) is 12.1. The number of esters is 1. The summed E-state index contributed by atoms with van der Waals surface area (Å²) in [6.07, 6.45) is -1.00. The Morgan fingerprint density at radius 3 is 2.42 bits per heavy atom. The summed E-state index contributed by atoms with van der Waals surface area (Å²) in [5.74, 6) is -1.46. The summed E-state index contributed by atoms with van der Waals surface area (Å²) < 4.78 is 23.7. The van der Waals surface area contributed by atoms with Crippen LogP contribution < -0.4 is 0 Å². The molecule has 0 spiro atoms. The van der Waals surface area contributed by atoms with Crippen molar-refractivity contribution in [1.82, 2.24) is 0 Å². The van der Waals surface area contributed by atoms with E-state index in [1.54, 1.807) is 19.1 Å². The average molecular weight is 326 g/mol. The first kappa shape index (κ1) is 15.9. The quantitative estimate of drug-likeness (QED) is 0.529. The number of para-hydroxylation sites is 1. The van der Waals surface area contributed by atoms with Gasteiger partial charge in [-0.25, -0.2) is 9.18 Å². The number of fused-ring (bicyclic) bond motifs is 1. The molecule has 1 aromatic heterocycles. The second-order valence-electron chi connectivity index (χ2n) is 5.47. The molecule has 0 N–H and O–H groups in total. The van der Waals surface area contributed by atoms with Gasteiger partial charge >= 0.3 is 5.97 Å². The molecule has 0 aliphatic heterocycles. The zero-order valence-electron chi connectivity index (χ0n) is 13.2. The number of carbonyl (C=O) groups excluding carboxylic acids is 2. The lowest BCUT2D eigenvalue weighted by Gasteiger charge is -2.11. The van der Waals surface area contributed by atoms with Crippen molar-refractivity contribution in [2.75, 3.05) is 0 Å². The smallest absolute Gasteiger partial charge is 0.375 e. The molecule has 3 rings (SSSR count). The number of aryl methyl sites for hydroxylation is 1. The van der Waals surface area contributed by atoms with E-state index >= 15 is 0 Å². The van der Waals surface area contributed by atoms with Crippen LogP contribution in [0.4, 0.5) is 4.39 Å². The van der Waals surface area contributed by atoms with E-state index in [0.717, 1.165) is 5.39 Å². The van der Waals surface area contributed by atoms with Crippen LogP contribution in [0.15, 0.2) is 52.9 Å². The highest BCUT2D eigenvalue weighted by Crippen LogP contribution is 2.25. The van der Waals surface area contributed by atoms with Crippen LogP contribution in [0, 0.1) is 12.7 Å². The summed E-state index contributed by atoms with van der Waals surface area (Å²) in [5, 5.41) is 0.821. The zero-order chi connectivity index (χ0) is 17.3. The van der Waals surface area contributed by atoms with Crippen LogP contribution in [0.3, 0.4) is 0 Å². The Morgan fingerprint density at radius 2 is 1.75 bits per heavy atom. The van der Waals surface area contributed by atoms with Crippen LogP contribution in [-0.4, -0.2) is 17.9 Å². The number of ether oxygens (including phenoxy) is 1. The Bertz CT molecular complexity index is 909. The standard InChI is InChI=1S/C19H15FO4/c1-11-15-5-3-4-6-16(15)24-18(11)19(22)23-12(2)17(21)13-7-9-14(20)10-8-13/h3-10,12H,1-2H3/t12-/m1/s1. The minimum Gasteiger partial charge on any atom is -0.449 e. The summed E-state index contributed by atoms with van der Waals surface area (Å²) in [6.45, 7) is 3.23. The first-order valence-corrected chi connectivity index (χ1v) is 7.46. The Hall–Kier alpha value is -2.95. The maximum absolute atomic E-state index is 12.9. The number of Topliss-reactive ketones (excluding diaryl/α,β-unsaturated/α-hetero) is 1. The van der Waals surface area contributed by atoms with E-state index in [2.05, 4.69) is 0 Å². The van der Waals surface area contributed by atoms with E-state index in [1.165, 1.54) is 31.2 Å². The van der Waals surface area contributed by atoms with Crippen molar-refractivity contribution in [3.63, 3.8) is 0 Å². The molecule has 0 amide bonds. The highest BCUT2D eigenvalue weighted by atomic mass is 19.1. The Labute approximate surface area is 137 Å². The molecule has 0 fully saturated rings. The van der Waals surface area contributed by atoms with Crippen molar-refractivity contribution >= 4 is 22.7 Å². The Kier molecular flexibility index (Phi) is 4.16. The molecule has 1 atom stereocenters. The molecule has 122 valence electrons. The first-order chi connectivity index (χ1) is 11.5. The van der Waals surface area contributed by atoms with Crippen LogP contribution >= 0.6 is 0 Å². The monoisotopic (exact) mass is 326 g/mol. The van der Waals surface area contributed by atoms with Crippen molar-refractivity contribution in [2.24, 2.45) is 0 Å². The van der Waals surface area contributed by atoms with Gasteiger partial charge in [0.05, 0.1) is 0 Å². The van der Waals surface area contributed by atoms with Crippen LogP contribution in [-0.2, 0) is 4.74 Å². The van der Waals surface area contributed by atoms with Gasteiger partial charge in [0.1, 0.15) is 11.4 Å². The number of rotatable bonds is 4. The average Bonchev–Trinajstić information content (AvgIpc) is 2.92. The lowest BCUT2D eigenvalue weighted by atomic mass is 10.1. The van der Waals surface area contributed by atoms with Crippen molar-refractivity contribution in [3.05, 3.63) is 71.2 Å². The van der Waals surface area contributed by atoms with Gasteiger partial charge in [0.15, 0.2) is 6.10 Å². The van der Waals surface area contributed by atoms with E-state index in [1.807, 2.05) is 12.1 Å². The highest BCUT2D eigenvalue weighted by molar-refractivity contribution is 6.02. The third kappa shape index (κ3) is 2.93. The molecule has 0 unspecified atom stereocenters. The zero-order valence-corrected chi connectivity index (χ0v) is 13.2. The van der Waals surface area contributed by atoms with E-state index in [9.17, 15) is 14.0 Å². The molecular formula is C19H15FO4. The van der Waals surface area contributed by atoms with Crippen molar-refractivity contribution in [2.45, 2.75) is 20.0 Å². The fourth-order valence-corrected chi connectivity index (χ4v) is 2.49. The number of hydrogen-bond acceptors (Lipinski definition) is 4. The topological polar surface area (TPSA) is 56.5 Å². The number of ketones is 1. The molecule has 5 heteroatoms. The Balaban J connectivity index is 1.79. The van der Waals surface area contributed by atoms with Crippen molar-refractivity contribution in [1.29, 1.82) is 0 Å². The maximum Gasteiger partial charge on any atom is 0.375 e. The molecule has 0 saturated carbocycles. The van der Waals surface area contributed by atoms with Gasteiger partial charge < -0.3 is 9.15 Å². The SMILES string of the molecule is Cc1c(C(=O)O[C@H](C)C(=O)c2ccc(F)cc2)oc2ccccc12. The Morgan fingerprint density at radius 1 is 1.08 bits per heavy atom. The summed E-state index contributed by atoms with van der Waals surface area (Å²) in [5.41, 5.74) is 1.52. The number of furan rings is 1. The first-order valence-electron chi connectivity index (χ1n) is 7.46. The molecule has 24 heavy (non-hydrogen) atoms. The van der Waals surface area contributed by atoms with Crippen LogP contribution in [0.2, 0.25) is 0 Å². The lowest BCUT2D eigenvalue weighted by molar-refractivity contribution is 0.0290. The number of benzene rings is 2. The van der Waals surface area contributed by atoms with Gasteiger partial charge in [-0.15, -0.1) is 0 Å². The van der Waals surface area contributed by atoms with Crippen molar-refractivity contribution in [3.8, 4) is 0 Å². The highest BCUT2D eigenvalue weighted by Gasteiger charge is 2.24.